The fourth-order valence-corrected chi connectivity index (χ4v) is 2.84. The van der Waals surface area contributed by atoms with Crippen molar-refractivity contribution in [1.82, 2.24) is 0 Å². The fourth-order valence-electron chi connectivity index (χ4n) is 2.18. The van der Waals surface area contributed by atoms with Crippen LogP contribution in [0.15, 0.2) is 71.4 Å². The third-order valence-electron chi connectivity index (χ3n) is 3.50. The largest absolute Gasteiger partial charge is 0.489 e. The summed E-state index contributed by atoms with van der Waals surface area (Å²) in [5.41, 5.74) is 8.42. The molecule has 1 heterocycles. The maximum atomic E-state index is 7.05. The summed E-state index contributed by atoms with van der Waals surface area (Å²) in [5.74, 6) is 2.26. The Morgan fingerprint density at radius 2 is 1.60 bits per heavy atom. The second-order valence-corrected chi connectivity index (χ2v) is 6.09. The molecule has 0 saturated heterocycles. The van der Waals surface area contributed by atoms with E-state index in [1.807, 2.05) is 53.9 Å². The molecule has 0 amide bonds. The van der Waals surface area contributed by atoms with Crippen LogP contribution in [-0.4, -0.2) is 6.21 Å². The third-order valence-corrected chi connectivity index (χ3v) is 4.23. The molecule has 0 aliphatic rings. The number of hydrogen-bond acceptors (Lipinski definition) is 5. The first-order valence-corrected chi connectivity index (χ1v) is 8.67. The van der Waals surface area contributed by atoms with Crippen molar-refractivity contribution in [3.63, 3.8) is 0 Å². The molecule has 25 heavy (non-hydrogen) atoms. The number of ether oxygens (including phenoxy) is 2. The minimum atomic E-state index is 0.550. The summed E-state index contributed by atoms with van der Waals surface area (Å²) in [5, 5.41) is 11.2. The van der Waals surface area contributed by atoms with Gasteiger partial charge in [-0.2, -0.15) is 11.3 Å². The Morgan fingerprint density at radius 3 is 2.20 bits per heavy atom. The molecule has 3 N–H and O–H groups in total. The molecule has 4 nitrogen and oxygen atoms in total. The molecule has 126 valence electrons. The third kappa shape index (κ3) is 4.71. The standard InChI is InChI=1S/C20H18N2O2S/c21-11-9-20(22)16-1-3-18(4-2-16)24-19-7-5-17(6-8-19)23-13-15-10-12-25-14-15/h1-12,14,21H,13,22H2/b20-9-,21-11?. The topological polar surface area (TPSA) is 68.3 Å². The predicted octanol–water partition coefficient (Wildman–Crippen LogP) is 5.07. The van der Waals surface area contributed by atoms with E-state index in [-0.39, 0.29) is 0 Å². The van der Waals surface area contributed by atoms with Gasteiger partial charge < -0.3 is 20.6 Å². The molecule has 0 atom stereocenters. The van der Waals surface area contributed by atoms with Crippen molar-refractivity contribution in [2.75, 3.05) is 0 Å². The zero-order valence-corrected chi connectivity index (χ0v) is 14.3. The summed E-state index contributed by atoms with van der Waals surface area (Å²) < 4.78 is 11.6. The van der Waals surface area contributed by atoms with Crippen LogP contribution in [0.25, 0.3) is 5.70 Å². The molecule has 3 rings (SSSR count). The Labute approximate surface area is 150 Å². The lowest BCUT2D eigenvalue weighted by atomic mass is 10.1. The van der Waals surface area contributed by atoms with Gasteiger partial charge in [-0.1, -0.05) is 0 Å². The Morgan fingerprint density at radius 1 is 0.960 bits per heavy atom. The van der Waals surface area contributed by atoms with Gasteiger partial charge in [-0.05, 0) is 82.6 Å². The Bertz CT molecular complexity index is 838. The van der Waals surface area contributed by atoms with Crippen molar-refractivity contribution in [2.45, 2.75) is 6.61 Å². The minimum Gasteiger partial charge on any atom is -0.489 e. The lowest BCUT2D eigenvalue weighted by molar-refractivity contribution is 0.306. The molecule has 0 aliphatic carbocycles. The molecule has 0 bridgehead atoms. The van der Waals surface area contributed by atoms with Crippen molar-refractivity contribution in [2.24, 2.45) is 5.73 Å². The molecule has 1 aromatic heterocycles. The molecule has 5 heteroatoms. The second-order valence-electron chi connectivity index (χ2n) is 5.31. The summed E-state index contributed by atoms with van der Waals surface area (Å²) in [4.78, 5) is 0. The van der Waals surface area contributed by atoms with E-state index in [2.05, 4.69) is 11.4 Å². The highest BCUT2D eigenvalue weighted by Crippen LogP contribution is 2.25. The van der Waals surface area contributed by atoms with Crippen LogP contribution in [-0.2, 0) is 6.61 Å². The van der Waals surface area contributed by atoms with Gasteiger partial charge >= 0.3 is 0 Å². The monoisotopic (exact) mass is 350 g/mol. The molecule has 0 radical (unpaired) electrons. The number of rotatable bonds is 7. The Hall–Kier alpha value is -3.05. The fraction of sp³-hybridized carbons (Fsp3) is 0.0500. The van der Waals surface area contributed by atoms with Crippen LogP contribution >= 0.6 is 11.3 Å². The molecular formula is C20H18N2O2S. The van der Waals surface area contributed by atoms with Crippen molar-refractivity contribution >= 4 is 23.2 Å². The van der Waals surface area contributed by atoms with Gasteiger partial charge in [0.05, 0.1) is 0 Å². The first-order chi connectivity index (χ1) is 12.2. The quantitative estimate of drug-likeness (QED) is 0.585. The smallest absolute Gasteiger partial charge is 0.127 e. The summed E-state index contributed by atoms with van der Waals surface area (Å²) in [6, 6.07) is 17.0. The SMILES string of the molecule is N=C/C=C(\N)c1ccc(Oc2ccc(OCc3ccsc3)cc2)cc1. The zero-order chi connectivity index (χ0) is 17.5. The predicted molar refractivity (Wildman–Crippen MR) is 103 cm³/mol. The number of hydrogen-bond donors (Lipinski definition) is 2. The highest BCUT2D eigenvalue weighted by Gasteiger charge is 2.01. The average molecular weight is 350 g/mol. The molecular weight excluding hydrogens is 332 g/mol. The lowest BCUT2D eigenvalue weighted by Gasteiger charge is -2.09. The minimum absolute atomic E-state index is 0.550. The molecule has 0 spiro atoms. The lowest BCUT2D eigenvalue weighted by Crippen LogP contribution is -1.96. The van der Waals surface area contributed by atoms with E-state index in [0.717, 1.165) is 22.8 Å². The van der Waals surface area contributed by atoms with E-state index in [9.17, 15) is 0 Å². The highest BCUT2D eigenvalue weighted by molar-refractivity contribution is 7.07. The second kappa shape index (κ2) is 8.17. The average Bonchev–Trinajstić information content (AvgIpc) is 3.15. The van der Waals surface area contributed by atoms with Crippen molar-refractivity contribution in [3.05, 3.63) is 82.6 Å². The Balaban J connectivity index is 1.59. The van der Waals surface area contributed by atoms with Gasteiger partial charge in [0.15, 0.2) is 0 Å². The molecule has 2 aromatic carbocycles. The molecule has 3 aromatic rings. The molecule has 0 unspecified atom stereocenters. The van der Waals surface area contributed by atoms with Crippen molar-refractivity contribution in [3.8, 4) is 17.2 Å². The van der Waals surface area contributed by atoms with Gasteiger partial charge in [-0.25, -0.2) is 0 Å². The van der Waals surface area contributed by atoms with E-state index >= 15 is 0 Å². The van der Waals surface area contributed by atoms with Crippen LogP contribution in [0.4, 0.5) is 0 Å². The number of allylic oxidation sites excluding steroid dienone is 1. The summed E-state index contributed by atoms with van der Waals surface area (Å²) >= 11 is 1.66. The van der Waals surface area contributed by atoms with E-state index < -0.39 is 0 Å². The summed E-state index contributed by atoms with van der Waals surface area (Å²) in [6.45, 7) is 0.565. The maximum absolute atomic E-state index is 7.05. The summed E-state index contributed by atoms with van der Waals surface area (Å²) in [7, 11) is 0. The van der Waals surface area contributed by atoms with Gasteiger partial charge in [0.1, 0.15) is 23.9 Å². The van der Waals surface area contributed by atoms with Crippen LogP contribution in [0.1, 0.15) is 11.1 Å². The first-order valence-electron chi connectivity index (χ1n) is 7.73. The first kappa shape index (κ1) is 16.8. The van der Waals surface area contributed by atoms with Gasteiger partial charge in [-0.15, -0.1) is 0 Å². The Kier molecular flexibility index (Phi) is 5.49. The molecule has 0 saturated carbocycles. The van der Waals surface area contributed by atoms with Crippen LogP contribution in [0.2, 0.25) is 0 Å². The van der Waals surface area contributed by atoms with Gasteiger partial charge in [0, 0.05) is 11.9 Å². The molecule has 0 fully saturated rings. The zero-order valence-electron chi connectivity index (χ0n) is 13.5. The number of benzene rings is 2. The number of nitrogens with one attached hydrogen (secondary N) is 1. The maximum Gasteiger partial charge on any atom is 0.127 e. The van der Waals surface area contributed by atoms with Gasteiger partial charge in [-0.3, -0.25) is 0 Å². The van der Waals surface area contributed by atoms with E-state index in [1.165, 1.54) is 11.8 Å². The number of thiophene rings is 1. The van der Waals surface area contributed by atoms with Crippen molar-refractivity contribution < 1.29 is 9.47 Å². The van der Waals surface area contributed by atoms with E-state index in [0.29, 0.717) is 12.3 Å². The van der Waals surface area contributed by atoms with E-state index in [4.69, 9.17) is 20.6 Å². The van der Waals surface area contributed by atoms with Gasteiger partial charge in [0.25, 0.3) is 0 Å². The van der Waals surface area contributed by atoms with Crippen LogP contribution < -0.4 is 15.2 Å². The van der Waals surface area contributed by atoms with Crippen LogP contribution in [0, 0.1) is 5.41 Å². The highest BCUT2D eigenvalue weighted by atomic mass is 32.1. The van der Waals surface area contributed by atoms with Gasteiger partial charge in [0.2, 0.25) is 0 Å². The summed E-state index contributed by atoms with van der Waals surface area (Å²) in [6.07, 6.45) is 2.71. The normalized spacial score (nSPS) is 11.1. The van der Waals surface area contributed by atoms with Crippen LogP contribution in [0.3, 0.4) is 0 Å². The van der Waals surface area contributed by atoms with E-state index in [1.54, 1.807) is 17.4 Å². The number of nitrogens with two attached hydrogens (primary N) is 1. The van der Waals surface area contributed by atoms with Crippen LogP contribution in [0.5, 0.6) is 17.2 Å². The molecule has 0 aliphatic heterocycles. The van der Waals surface area contributed by atoms with Crippen molar-refractivity contribution in [1.29, 1.82) is 5.41 Å².